The van der Waals surface area contributed by atoms with Crippen molar-refractivity contribution in [1.29, 1.82) is 5.26 Å². The second kappa shape index (κ2) is 7.63. The minimum absolute atomic E-state index is 0.0130. The summed E-state index contributed by atoms with van der Waals surface area (Å²) in [6.07, 6.45) is 5.50. The number of benzene rings is 1. The van der Waals surface area contributed by atoms with Gasteiger partial charge in [-0.1, -0.05) is 43.7 Å². The maximum absolute atomic E-state index is 12.3. The molecule has 1 amide bonds. The van der Waals surface area contributed by atoms with Gasteiger partial charge in [-0.25, -0.2) is 0 Å². The highest BCUT2D eigenvalue weighted by Crippen LogP contribution is 2.40. The van der Waals surface area contributed by atoms with Crippen molar-refractivity contribution >= 4 is 22.2 Å². The van der Waals surface area contributed by atoms with Crippen LogP contribution in [-0.2, 0) is 24.1 Å². The first kappa shape index (κ1) is 16.7. The zero-order valence-corrected chi connectivity index (χ0v) is 14.8. The number of anilines is 1. The number of carbonyl (C=O) groups excluding carboxylic acids is 1. The number of hydrogen-bond acceptors (Lipinski definition) is 3. The van der Waals surface area contributed by atoms with Crippen molar-refractivity contribution in [3.63, 3.8) is 0 Å². The molecule has 2 aromatic rings. The molecule has 24 heavy (non-hydrogen) atoms. The average molecular weight is 338 g/mol. The van der Waals surface area contributed by atoms with Crippen LogP contribution in [0, 0.1) is 17.2 Å². The van der Waals surface area contributed by atoms with Crippen LogP contribution in [0.2, 0.25) is 0 Å². The zero-order valence-electron chi connectivity index (χ0n) is 14.0. The van der Waals surface area contributed by atoms with E-state index in [0.29, 0.717) is 17.9 Å². The van der Waals surface area contributed by atoms with Crippen LogP contribution in [0.5, 0.6) is 0 Å². The molecule has 0 bridgehead atoms. The van der Waals surface area contributed by atoms with E-state index in [4.69, 9.17) is 0 Å². The van der Waals surface area contributed by atoms with E-state index in [1.807, 2.05) is 30.3 Å². The molecule has 4 heteroatoms. The second-order valence-corrected chi connectivity index (χ2v) is 7.48. The summed E-state index contributed by atoms with van der Waals surface area (Å²) in [5, 5.41) is 13.2. The predicted octanol–water partition coefficient (Wildman–Crippen LogP) is 4.71. The van der Waals surface area contributed by atoms with Gasteiger partial charge in [0, 0.05) is 11.3 Å². The van der Waals surface area contributed by atoms with Gasteiger partial charge in [-0.2, -0.15) is 5.26 Å². The fourth-order valence-corrected chi connectivity index (χ4v) is 4.63. The van der Waals surface area contributed by atoms with Crippen molar-refractivity contribution in [2.45, 2.75) is 45.4 Å². The SMILES string of the molecule is CCC1CCc2c(sc(NC(=O)CCc3ccccc3)c2C#N)C1. The van der Waals surface area contributed by atoms with Crippen molar-refractivity contribution in [2.75, 3.05) is 5.32 Å². The Morgan fingerprint density at radius 1 is 1.38 bits per heavy atom. The fourth-order valence-electron chi connectivity index (χ4n) is 3.30. The van der Waals surface area contributed by atoms with Gasteiger partial charge < -0.3 is 5.32 Å². The molecule has 1 aliphatic carbocycles. The highest BCUT2D eigenvalue weighted by molar-refractivity contribution is 7.16. The van der Waals surface area contributed by atoms with Crippen LogP contribution in [0.1, 0.15) is 47.8 Å². The lowest BCUT2D eigenvalue weighted by atomic mass is 9.86. The maximum Gasteiger partial charge on any atom is 0.225 e. The van der Waals surface area contributed by atoms with Gasteiger partial charge in [0.2, 0.25) is 5.91 Å². The summed E-state index contributed by atoms with van der Waals surface area (Å²) < 4.78 is 0. The minimum Gasteiger partial charge on any atom is -0.317 e. The molecular formula is C20H22N2OS. The van der Waals surface area contributed by atoms with Crippen LogP contribution in [0.15, 0.2) is 30.3 Å². The number of fused-ring (bicyclic) bond motifs is 1. The van der Waals surface area contributed by atoms with E-state index in [2.05, 4.69) is 18.3 Å². The van der Waals surface area contributed by atoms with Crippen LogP contribution < -0.4 is 5.32 Å². The summed E-state index contributed by atoms with van der Waals surface area (Å²) in [6.45, 7) is 2.22. The van der Waals surface area contributed by atoms with Crippen molar-refractivity contribution in [1.82, 2.24) is 0 Å². The van der Waals surface area contributed by atoms with E-state index in [1.165, 1.54) is 16.9 Å². The number of aryl methyl sites for hydroxylation is 1. The molecule has 0 aliphatic heterocycles. The lowest BCUT2D eigenvalue weighted by Gasteiger charge is -2.20. The Labute approximate surface area is 147 Å². The number of nitrogens with one attached hydrogen (secondary N) is 1. The van der Waals surface area contributed by atoms with Gasteiger partial charge in [-0.3, -0.25) is 4.79 Å². The molecule has 1 aromatic heterocycles. The molecule has 1 heterocycles. The molecule has 0 radical (unpaired) electrons. The van der Waals surface area contributed by atoms with Gasteiger partial charge in [0.1, 0.15) is 11.1 Å². The van der Waals surface area contributed by atoms with Crippen molar-refractivity contribution in [2.24, 2.45) is 5.92 Å². The number of nitrogens with zero attached hydrogens (tertiary/aromatic N) is 1. The highest BCUT2D eigenvalue weighted by Gasteiger charge is 2.25. The van der Waals surface area contributed by atoms with E-state index < -0.39 is 0 Å². The summed E-state index contributed by atoms with van der Waals surface area (Å²) in [6, 6.07) is 12.3. The average Bonchev–Trinajstić information content (AvgIpc) is 2.96. The van der Waals surface area contributed by atoms with Gasteiger partial charge in [-0.05, 0) is 42.7 Å². The van der Waals surface area contributed by atoms with Crippen LogP contribution in [-0.4, -0.2) is 5.91 Å². The van der Waals surface area contributed by atoms with Gasteiger partial charge in [0.15, 0.2) is 0 Å². The third-order valence-corrected chi connectivity index (χ3v) is 5.96. The Morgan fingerprint density at radius 2 is 2.17 bits per heavy atom. The van der Waals surface area contributed by atoms with Crippen molar-refractivity contribution < 1.29 is 4.79 Å². The quantitative estimate of drug-likeness (QED) is 0.858. The molecule has 0 fully saturated rings. The van der Waals surface area contributed by atoms with Crippen molar-refractivity contribution in [3.05, 3.63) is 51.9 Å². The van der Waals surface area contributed by atoms with Gasteiger partial charge in [-0.15, -0.1) is 11.3 Å². The van der Waals surface area contributed by atoms with E-state index >= 15 is 0 Å². The summed E-state index contributed by atoms with van der Waals surface area (Å²) >= 11 is 1.60. The Kier molecular flexibility index (Phi) is 5.32. The lowest BCUT2D eigenvalue weighted by Crippen LogP contribution is -2.13. The molecule has 1 aromatic carbocycles. The molecule has 0 saturated heterocycles. The lowest BCUT2D eigenvalue weighted by molar-refractivity contribution is -0.116. The van der Waals surface area contributed by atoms with Crippen LogP contribution in [0.25, 0.3) is 0 Å². The molecule has 1 atom stereocenters. The van der Waals surface area contributed by atoms with E-state index in [1.54, 1.807) is 11.3 Å². The summed E-state index contributed by atoms with van der Waals surface area (Å²) in [5.74, 6) is 0.699. The van der Waals surface area contributed by atoms with Crippen LogP contribution >= 0.6 is 11.3 Å². The number of nitriles is 1. The molecule has 1 aliphatic rings. The molecule has 3 nitrogen and oxygen atoms in total. The van der Waals surface area contributed by atoms with Gasteiger partial charge in [0.05, 0.1) is 5.56 Å². The summed E-state index contributed by atoms with van der Waals surface area (Å²) in [4.78, 5) is 13.6. The third-order valence-electron chi connectivity index (χ3n) is 4.79. The zero-order chi connectivity index (χ0) is 16.9. The Balaban J connectivity index is 1.68. The maximum atomic E-state index is 12.3. The Morgan fingerprint density at radius 3 is 2.88 bits per heavy atom. The highest BCUT2D eigenvalue weighted by atomic mass is 32.1. The summed E-state index contributed by atoms with van der Waals surface area (Å²) in [5.41, 5.74) is 3.02. The molecule has 0 saturated carbocycles. The van der Waals surface area contributed by atoms with Gasteiger partial charge >= 0.3 is 0 Å². The van der Waals surface area contributed by atoms with Crippen LogP contribution in [0.4, 0.5) is 5.00 Å². The van der Waals surface area contributed by atoms with E-state index in [9.17, 15) is 10.1 Å². The van der Waals surface area contributed by atoms with Crippen molar-refractivity contribution in [3.8, 4) is 6.07 Å². The topological polar surface area (TPSA) is 52.9 Å². The Bertz CT molecular complexity index is 758. The number of hydrogen-bond donors (Lipinski definition) is 1. The second-order valence-electron chi connectivity index (χ2n) is 6.37. The molecule has 1 N–H and O–H groups in total. The predicted molar refractivity (Wildman–Crippen MR) is 98.2 cm³/mol. The molecule has 3 rings (SSSR count). The monoisotopic (exact) mass is 338 g/mol. The number of rotatable bonds is 5. The Hall–Kier alpha value is -2.12. The number of carbonyl (C=O) groups is 1. The summed E-state index contributed by atoms with van der Waals surface area (Å²) in [7, 11) is 0. The van der Waals surface area contributed by atoms with Gasteiger partial charge in [0.25, 0.3) is 0 Å². The van der Waals surface area contributed by atoms with Crippen LogP contribution in [0.3, 0.4) is 0 Å². The third kappa shape index (κ3) is 3.68. The number of thiophene rings is 1. The molecule has 1 unspecified atom stereocenters. The molecule has 0 spiro atoms. The smallest absolute Gasteiger partial charge is 0.225 e. The van der Waals surface area contributed by atoms with E-state index in [-0.39, 0.29) is 5.91 Å². The first-order valence-corrected chi connectivity index (χ1v) is 9.41. The molecular weight excluding hydrogens is 316 g/mol. The first-order chi connectivity index (χ1) is 11.7. The molecule has 124 valence electrons. The van der Waals surface area contributed by atoms with E-state index in [0.717, 1.165) is 36.2 Å². The minimum atomic E-state index is -0.0130. The first-order valence-electron chi connectivity index (χ1n) is 8.59. The normalized spacial score (nSPS) is 16.2. The number of amides is 1. The fraction of sp³-hybridized carbons (Fsp3) is 0.400. The largest absolute Gasteiger partial charge is 0.317 e. The standard InChI is InChI=1S/C20H22N2OS/c1-2-14-8-10-16-17(13-21)20(24-18(16)12-14)22-19(23)11-9-15-6-4-3-5-7-15/h3-7,14H,2,8-12H2,1H3,(H,22,23).